The van der Waals surface area contributed by atoms with Gasteiger partial charge in [0, 0.05) is 0 Å². The number of carbonyl (C=O) groups excluding carboxylic acids is 4. The van der Waals surface area contributed by atoms with Gasteiger partial charge in [-0.3, -0.25) is 19.3 Å². The van der Waals surface area contributed by atoms with Crippen molar-refractivity contribution in [3.05, 3.63) is 126 Å². The number of hydrogen-bond donors (Lipinski definition) is 0. The Morgan fingerprint density at radius 2 is 1.02 bits per heavy atom. The zero-order valence-corrected chi connectivity index (χ0v) is 24.0. The van der Waals surface area contributed by atoms with E-state index in [0.29, 0.717) is 0 Å². The highest BCUT2D eigenvalue weighted by Gasteiger charge is 2.51. The van der Waals surface area contributed by atoms with Crippen LogP contribution in [0.5, 0.6) is 0 Å². The fourth-order valence-corrected chi connectivity index (χ4v) is 9.90. The van der Waals surface area contributed by atoms with Crippen LogP contribution >= 0.6 is 6.89 Å². The number of Topliss-reactive ketones (excluding diaryl/α,β-unsaturated/α-hetero) is 1. The van der Waals surface area contributed by atoms with Crippen LogP contribution in [0.15, 0.2) is 115 Å². The predicted octanol–water partition coefficient (Wildman–Crippen LogP) is 4.36. The molecule has 0 aromatic heterocycles. The lowest BCUT2D eigenvalue weighted by molar-refractivity contribution is -0.136. The van der Waals surface area contributed by atoms with E-state index in [2.05, 4.69) is 0 Å². The number of hydrogen-bond acceptors (Lipinski definition) is 5. The highest BCUT2D eigenvalue weighted by molar-refractivity contribution is 7.97. The molecule has 5 rings (SSSR count). The van der Waals surface area contributed by atoms with Crippen molar-refractivity contribution in [3.8, 4) is 0 Å². The molecule has 0 atom stereocenters. The Bertz CT molecular complexity index is 1560. The van der Waals surface area contributed by atoms with Gasteiger partial charge in [-0.2, -0.15) is 0 Å². The maximum absolute atomic E-state index is 15.0. The van der Waals surface area contributed by atoms with Crippen molar-refractivity contribution in [2.45, 2.75) is 26.3 Å². The molecule has 0 spiro atoms. The maximum Gasteiger partial charge on any atom is 0.342 e. The maximum atomic E-state index is 15.0. The minimum Gasteiger partial charge on any atom is -0.462 e. The summed E-state index contributed by atoms with van der Waals surface area (Å²) in [6.45, 7) is 1.55. The van der Waals surface area contributed by atoms with Crippen molar-refractivity contribution in [2.24, 2.45) is 0 Å². The first-order chi connectivity index (χ1) is 19.8. The van der Waals surface area contributed by atoms with E-state index in [1.54, 1.807) is 31.2 Å². The molecule has 0 fully saturated rings. The molecule has 0 saturated carbocycles. The van der Waals surface area contributed by atoms with Gasteiger partial charge in [-0.1, -0.05) is 103 Å². The first kappa shape index (κ1) is 28.0. The zero-order chi connectivity index (χ0) is 29.2. The van der Waals surface area contributed by atoms with Crippen LogP contribution in [0.2, 0.25) is 0 Å². The van der Waals surface area contributed by atoms with Gasteiger partial charge < -0.3 is 4.74 Å². The van der Waals surface area contributed by atoms with Crippen LogP contribution < -0.4 is 15.9 Å². The molecule has 0 unspecified atom stereocenters. The number of amides is 2. The number of benzene rings is 4. The number of carbonyl (C=O) groups is 4. The van der Waals surface area contributed by atoms with Crippen LogP contribution in [0, 0.1) is 0 Å². The van der Waals surface area contributed by atoms with Crippen LogP contribution in [0.4, 0.5) is 0 Å². The average molecular weight is 564 g/mol. The number of ketones is 1. The third-order valence-electron chi connectivity index (χ3n) is 7.36. The number of esters is 1. The second kappa shape index (κ2) is 11.1. The summed E-state index contributed by atoms with van der Waals surface area (Å²) in [6.07, 6.45) is 0. The average Bonchev–Trinajstić information content (AvgIpc) is 3.27. The molecule has 0 N–H and O–H groups in total. The van der Waals surface area contributed by atoms with Crippen LogP contribution in [0.3, 0.4) is 0 Å². The quantitative estimate of drug-likeness (QED) is 0.138. The molecule has 0 saturated heterocycles. The van der Waals surface area contributed by atoms with E-state index >= 15 is 4.79 Å². The lowest BCUT2D eigenvalue weighted by Crippen LogP contribution is -2.57. The first-order valence-electron chi connectivity index (χ1n) is 13.4. The van der Waals surface area contributed by atoms with Crippen molar-refractivity contribution in [2.75, 3.05) is 6.61 Å². The van der Waals surface area contributed by atoms with Gasteiger partial charge in [0.15, 0.2) is 5.78 Å². The molecule has 0 aliphatic carbocycles. The Balaban J connectivity index is 1.90. The van der Waals surface area contributed by atoms with Crippen LogP contribution in [0.1, 0.15) is 41.5 Å². The number of ether oxygens (including phenoxy) is 1. The predicted molar refractivity (Wildman–Crippen MR) is 163 cm³/mol. The molecule has 41 heavy (non-hydrogen) atoms. The highest BCUT2D eigenvalue weighted by atomic mass is 31.2. The fourth-order valence-electron chi connectivity index (χ4n) is 5.46. The summed E-state index contributed by atoms with van der Waals surface area (Å²) in [4.78, 5) is 57.3. The van der Waals surface area contributed by atoms with Crippen molar-refractivity contribution in [3.63, 3.8) is 0 Å². The fraction of sp³-hybridized carbons (Fsp3) is 0.147. The summed E-state index contributed by atoms with van der Waals surface area (Å²) >= 11 is 0. The molecule has 206 valence electrons. The van der Waals surface area contributed by atoms with Crippen LogP contribution in [0.25, 0.3) is 0 Å². The van der Waals surface area contributed by atoms with Gasteiger partial charge >= 0.3 is 5.97 Å². The second-order valence-corrected chi connectivity index (χ2v) is 13.5. The van der Waals surface area contributed by atoms with Crippen molar-refractivity contribution >= 4 is 51.7 Å². The second-order valence-electron chi connectivity index (χ2n) is 10.1. The molecule has 1 heterocycles. The summed E-state index contributed by atoms with van der Waals surface area (Å²) in [5.74, 6) is -2.56. The van der Waals surface area contributed by atoms with Crippen LogP contribution in [-0.4, -0.2) is 45.9 Å². The molecule has 7 heteroatoms. The minimum absolute atomic E-state index is 0.0431. The number of nitrogens with zero attached hydrogens (tertiary/aromatic N) is 1. The largest absolute Gasteiger partial charge is 0.462 e. The van der Waals surface area contributed by atoms with E-state index in [4.69, 9.17) is 4.74 Å². The molecule has 4 aromatic carbocycles. The lowest BCUT2D eigenvalue weighted by Gasteiger charge is -2.37. The summed E-state index contributed by atoms with van der Waals surface area (Å²) in [6, 6.07) is 34.8. The number of rotatable bonds is 8. The van der Waals surface area contributed by atoms with E-state index in [1.165, 1.54) is 13.8 Å². The van der Waals surface area contributed by atoms with Gasteiger partial charge in [0.25, 0.3) is 11.8 Å². The number of fused-ring (bicyclic) bond motifs is 1. The Hall–Kier alpha value is -4.54. The Labute approximate surface area is 239 Å². The van der Waals surface area contributed by atoms with Crippen molar-refractivity contribution in [1.29, 1.82) is 0 Å². The van der Waals surface area contributed by atoms with Gasteiger partial charge in [0.05, 0.1) is 17.7 Å². The third-order valence-corrected chi connectivity index (χ3v) is 11.6. The SMILES string of the molecule is CCOC(=O)C(C(=O)C(C)(C)N1C(=O)c2ccccc2C1=O)=P(c1ccccc1)(c1ccccc1)c1ccccc1. The monoisotopic (exact) mass is 563 g/mol. The van der Waals surface area contributed by atoms with E-state index in [0.717, 1.165) is 20.8 Å². The summed E-state index contributed by atoms with van der Waals surface area (Å²) in [5.41, 5.74) is -1.25. The normalized spacial score (nSPS) is 13.1. The highest BCUT2D eigenvalue weighted by Crippen LogP contribution is 2.48. The topological polar surface area (TPSA) is 80.8 Å². The molecular formula is C34H30NO5P. The minimum atomic E-state index is -3.21. The Morgan fingerprint density at radius 1 is 0.659 bits per heavy atom. The molecule has 0 radical (unpaired) electrons. The van der Waals surface area contributed by atoms with E-state index in [-0.39, 0.29) is 23.0 Å². The zero-order valence-electron chi connectivity index (χ0n) is 23.1. The molecule has 0 bridgehead atoms. The van der Waals surface area contributed by atoms with Gasteiger partial charge in [-0.25, -0.2) is 4.79 Å². The standard InChI is InChI=1S/C34H30NO5P/c1-4-40-33(39)29(30(36)34(2,3)35-31(37)27-22-14-15-23-28(27)32(35)38)41(24-16-8-5-9-17-24,25-18-10-6-11-19-25)26-20-12-7-13-21-26/h5-23H,4H2,1-3H3. The van der Waals surface area contributed by atoms with Gasteiger partial charge in [-0.05, 0) is 55.7 Å². The first-order valence-corrected chi connectivity index (χ1v) is 15.2. The molecule has 1 aliphatic rings. The van der Waals surface area contributed by atoms with Crippen LogP contribution in [-0.2, 0) is 14.3 Å². The lowest BCUT2D eigenvalue weighted by atomic mass is 9.94. The van der Waals surface area contributed by atoms with E-state index in [1.807, 2.05) is 91.0 Å². The van der Waals surface area contributed by atoms with Crippen molar-refractivity contribution in [1.82, 2.24) is 4.90 Å². The molecular weight excluding hydrogens is 533 g/mol. The summed E-state index contributed by atoms with van der Waals surface area (Å²) in [5, 5.41) is 2.23. The molecule has 1 aliphatic heterocycles. The van der Waals surface area contributed by atoms with Gasteiger partial charge in [0.1, 0.15) is 10.8 Å². The summed E-state index contributed by atoms with van der Waals surface area (Å²) < 4.78 is 5.61. The van der Waals surface area contributed by atoms with Crippen molar-refractivity contribution < 1.29 is 23.9 Å². The number of imide groups is 1. The summed E-state index contributed by atoms with van der Waals surface area (Å²) in [7, 11) is 0. The Morgan fingerprint density at radius 3 is 1.39 bits per heavy atom. The van der Waals surface area contributed by atoms with E-state index in [9.17, 15) is 14.4 Å². The molecule has 2 amide bonds. The molecule has 6 nitrogen and oxygen atoms in total. The smallest absolute Gasteiger partial charge is 0.342 e. The molecule has 4 aromatic rings. The van der Waals surface area contributed by atoms with E-state index < -0.39 is 36.0 Å². The van der Waals surface area contributed by atoms with Gasteiger partial charge in [-0.15, -0.1) is 0 Å². The third kappa shape index (κ3) is 4.55. The van der Waals surface area contributed by atoms with Gasteiger partial charge in [0.2, 0.25) is 0 Å². The Kier molecular flexibility index (Phi) is 7.61.